The first-order valence-corrected chi connectivity index (χ1v) is 6.10. The minimum absolute atomic E-state index is 0.554. The number of nitrogens with one attached hydrogen (secondary N) is 1. The maximum Gasteiger partial charge on any atom is 0.182 e. The van der Waals surface area contributed by atoms with Crippen LogP contribution in [0.4, 0.5) is 0 Å². The van der Waals surface area contributed by atoms with Crippen molar-refractivity contribution in [1.82, 2.24) is 5.32 Å². The second-order valence-corrected chi connectivity index (χ2v) is 4.25. The molecule has 2 aromatic rings. The van der Waals surface area contributed by atoms with E-state index in [0.717, 1.165) is 11.1 Å². The molecule has 3 nitrogen and oxygen atoms in total. The second kappa shape index (κ2) is 6.36. The van der Waals surface area contributed by atoms with Gasteiger partial charge >= 0.3 is 0 Å². The maximum absolute atomic E-state index is 8.81. The van der Waals surface area contributed by atoms with E-state index in [1.807, 2.05) is 67.7 Å². The van der Waals surface area contributed by atoms with Gasteiger partial charge in [0.05, 0.1) is 6.54 Å². The molecule has 0 saturated carbocycles. The molecule has 0 saturated heterocycles. The molecule has 2 aromatic carbocycles. The molecule has 0 atom stereocenters. The Balaban J connectivity index is 2.20. The zero-order chi connectivity index (χ0) is 13.5. The van der Waals surface area contributed by atoms with Gasteiger partial charge in [-0.3, -0.25) is 10.3 Å². The van der Waals surface area contributed by atoms with Crippen LogP contribution in [0, 0.1) is 18.4 Å². The molecule has 94 valence electrons. The molecule has 0 radical (unpaired) electrons. The summed E-state index contributed by atoms with van der Waals surface area (Å²) < 4.78 is 0. The van der Waals surface area contributed by atoms with Crippen LogP contribution in [0.25, 0.3) is 0 Å². The van der Waals surface area contributed by atoms with E-state index in [1.54, 1.807) is 0 Å². The number of hydrogen-bond donors (Lipinski definition) is 1. The van der Waals surface area contributed by atoms with Gasteiger partial charge in [-0.05, 0) is 12.5 Å². The third-order valence-electron chi connectivity index (χ3n) is 2.76. The lowest BCUT2D eigenvalue weighted by Crippen LogP contribution is -2.19. The standard InChI is InChI=1S/C16H15N3/c1-13-7-9-15(10-8-13)16(19-12-17)18-11-14-5-3-2-4-6-14/h2-10H,11H2,1H3,(H,18,19). The molecule has 0 spiro atoms. The predicted molar refractivity (Wildman–Crippen MR) is 76.6 cm³/mol. The van der Waals surface area contributed by atoms with Crippen LogP contribution >= 0.6 is 0 Å². The summed E-state index contributed by atoms with van der Waals surface area (Å²) in [5.74, 6) is 0.603. The van der Waals surface area contributed by atoms with E-state index in [-0.39, 0.29) is 0 Å². The summed E-state index contributed by atoms with van der Waals surface area (Å²) in [6.45, 7) is 2.58. The highest BCUT2D eigenvalue weighted by atomic mass is 15.0. The Morgan fingerprint density at radius 1 is 1.11 bits per heavy atom. The Morgan fingerprint density at radius 3 is 2.42 bits per heavy atom. The zero-order valence-corrected chi connectivity index (χ0v) is 10.8. The van der Waals surface area contributed by atoms with Crippen LogP contribution in [0.5, 0.6) is 0 Å². The van der Waals surface area contributed by atoms with Crippen molar-refractivity contribution >= 4 is 5.84 Å². The van der Waals surface area contributed by atoms with Crippen molar-refractivity contribution in [2.24, 2.45) is 4.99 Å². The number of nitrogens with zero attached hydrogens (tertiary/aromatic N) is 2. The van der Waals surface area contributed by atoms with Crippen molar-refractivity contribution < 1.29 is 0 Å². The molecule has 0 heterocycles. The van der Waals surface area contributed by atoms with Gasteiger partial charge in [-0.1, -0.05) is 60.2 Å². The zero-order valence-electron chi connectivity index (χ0n) is 10.8. The Hall–Kier alpha value is -2.60. The number of benzene rings is 2. The summed E-state index contributed by atoms with van der Waals surface area (Å²) in [7, 11) is 0. The highest BCUT2D eigenvalue weighted by molar-refractivity contribution is 5.99. The molecule has 0 fully saturated rings. The summed E-state index contributed by atoms with van der Waals surface area (Å²) in [5.41, 5.74) is 3.22. The number of aryl methyl sites for hydroxylation is 1. The van der Waals surface area contributed by atoms with Gasteiger partial charge in [0.2, 0.25) is 0 Å². The van der Waals surface area contributed by atoms with Gasteiger partial charge in [-0.2, -0.15) is 5.26 Å². The van der Waals surface area contributed by atoms with Gasteiger partial charge in [0, 0.05) is 5.56 Å². The highest BCUT2D eigenvalue weighted by Crippen LogP contribution is 2.06. The van der Waals surface area contributed by atoms with Crippen LogP contribution in [0.3, 0.4) is 0 Å². The number of hydrogen-bond acceptors (Lipinski definition) is 2. The van der Waals surface area contributed by atoms with Crippen molar-refractivity contribution in [3.05, 3.63) is 71.3 Å². The van der Waals surface area contributed by atoms with Crippen LogP contribution < -0.4 is 5.32 Å². The lowest BCUT2D eigenvalue weighted by Gasteiger charge is -2.05. The third-order valence-corrected chi connectivity index (χ3v) is 2.76. The quantitative estimate of drug-likeness (QED) is 0.393. The number of amidine groups is 1. The van der Waals surface area contributed by atoms with Crippen molar-refractivity contribution in [2.45, 2.75) is 13.5 Å². The summed E-state index contributed by atoms with van der Waals surface area (Å²) in [5, 5.41) is 11.5. The van der Waals surface area contributed by atoms with E-state index in [4.69, 9.17) is 5.26 Å². The molecule has 0 aliphatic rings. The van der Waals surface area contributed by atoms with E-state index >= 15 is 0 Å². The van der Waals surface area contributed by atoms with E-state index in [1.165, 1.54) is 5.56 Å². The average Bonchev–Trinajstić information content (AvgIpc) is 2.46. The van der Waals surface area contributed by atoms with Gasteiger partial charge in [0.1, 0.15) is 5.84 Å². The summed E-state index contributed by atoms with van der Waals surface area (Å²) in [4.78, 5) is 4.47. The Morgan fingerprint density at radius 2 is 1.79 bits per heavy atom. The first-order valence-electron chi connectivity index (χ1n) is 6.10. The van der Waals surface area contributed by atoms with Gasteiger partial charge in [-0.15, -0.1) is 0 Å². The molecular formula is C16H15N3. The summed E-state index contributed by atoms with van der Waals surface area (Å²) in [6.07, 6.45) is 1.94. The largest absolute Gasteiger partial charge is 0.277 e. The predicted octanol–water partition coefficient (Wildman–Crippen LogP) is 3.01. The minimum atomic E-state index is 0.554. The van der Waals surface area contributed by atoms with Gasteiger partial charge in [-0.25, -0.2) is 0 Å². The second-order valence-electron chi connectivity index (χ2n) is 4.25. The highest BCUT2D eigenvalue weighted by Gasteiger charge is 2.02. The SMILES string of the molecule is Cc1ccc(C(=NCc2ccccc2)NC#N)cc1. The fraction of sp³-hybridized carbons (Fsp3) is 0.125. The molecule has 19 heavy (non-hydrogen) atoms. The summed E-state index contributed by atoms with van der Waals surface area (Å²) >= 11 is 0. The molecule has 0 amide bonds. The molecular weight excluding hydrogens is 234 g/mol. The molecule has 0 unspecified atom stereocenters. The first kappa shape index (κ1) is 12.8. The van der Waals surface area contributed by atoms with Gasteiger partial charge in [0.25, 0.3) is 0 Å². The molecule has 2 rings (SSSR count). The Kier molecular flexibility index (Phi) is 4.30. The van der Waals surface area contributed by atoms with E-state index in [9.17, 15) is 0 Å². The van der Waals surface area contributed by atoms with E-state index < -0.39 is 0 Å². The van der Waals surface area contributed by atoms with Crippen molar-refractivity contribution in [1.29, 1.82) is 5.26 Å². The number of aliphatic imine (C=N–C) groups is 1. The normalized spacial score (nSPS) is 10.8. The molecule has 3 heteroatoms. The minimum Gasteiger partial charge on any atom is -0.277 e. The van der Waals surface area contributed by atoms with Crippen molar-refractivity contribution in [2.75, 3.05) is 0 Å². The van der Waals surface area contributed by atoms with E-state index in [0.29, 0.717) is 12.4 Å². The summed E-state index contributed by atoms with van der Waals surface area (Å²) in [6, 6.07) is 17.9. The Bertz CT molecular complexity index is 592. The first-order chi connectivity index (χ1) is 9.29. The number of rotatable bonds is 3. The average molecular weight is 249 g/mol. The maximum atomic E-state index is 8.81. The Labute approximate surface area is 113 Å². The monoisotopic (exact) mass is 249 g/mol. The topological polar surface area (TPSA) is 48.2 Å². The molecule has 0 aromatic heterocycles. The smallest absolute Gasteiger partial charge is 0.182 e. The lowest BCUT2D eigenvalue weighted by atomic mass is 10.1. The fourth-order valence-corrected chi connectivity index (χ4v) is 1.72. The van der Waals surface area contributed by atoms with Crippen molar-refractivity contribution in [3.8, 4) is 6.19 Å². The van der Waals surface area contributed by atoms with Crippen LogP contribution in [0.15, 0.2) is 59.6 Å². The van der Waals surface area contributed by atoms with Gasteiger partial charge in [0.15, 0.2) is 6.19 Å². The lowest BCUT2D eigenvalue weighted by molar-refractivity contribution is 1.04. The fourth-order valence-electron chi connectivity index (χ4n) is 1.72. The molecule has 0 bridgehead atoms. The van der Waals surface area contributed by atoms with Crippen molar-refractivity contribution in [3.63, 3.8) is 0 Å². The van der Waals surface area contributed by atoms with Crippen LogP contribution in [0.2, 0.25) is 0 Å². The van der Waals surface area contributed by atoms with Crippen LogP contribution in [0.1, 0.15) is 16.7 Å². The molecule has 0 aliphatic carbocycles. The third kappa shape index (κ3) is 3.68. The van der Waals surface area contributed by atoms with Crippen LogP contribution in [-0.4, -0.2) is 5.84 Å². The van der Waals surface area contributed by atoms with Gasteiger partial charge < -0.3 is 0 Å². The van der Waals surface area contributed by atoms with Crippen LogP contribution in [-0.2, 0) is 6.54 Å². The molecule has 0 aliphatic heterocycles. The molecule has 1 N–H and O–H groups in total. The van der Waals surface area contributed by atoms with E-state index in [2.05, 4.69) is 10.3 Å². The number of nitriles is 1.